The Morgan fingerprint density at radius 3 is 2.29 bits per heavy atom. The van der Waals surface area contributed by atoms with Gasteiger partial charge in [0.15, 0.2) is 0 Å². The molecular formula is C19H22FNO3. The SMILES string of the molecule is CC(C)(C)OC(=O)N1CCC(C#CC(=O)c2ccc(F)cc2)CC1. The summed E-state index contributed by atoms with van der Waals surface area (Å²) in [6, 6.07) is 5.34. The number of amides is 1. The first-order valence-electron chi connectivity index (χ1n) is 8.04. The average Bonchev–Trinajstić information content (AvgIpc) is 2.52. The first kappa shape index (κ1) is 18.0. The zero-order valence-electron chi connectivity index (χ0n) is 14.3. The van der Waals surface area contributed by atoms with Crippen LogP contribution in [0, 0.1) is 23.6 Å². The molecule has 1 saturated heterocycles. The summed E-state index contributed by atoms with van der Waals surface area (Å²) >= 11 is 0. The lowest BCUT2D eigenvalue weighted by molar-refractivity contribution is 0.0199. The summed E-state index contributed by atoms with van der Waals surface area (Å²) in [5.74, 6) is 4.98. The van der Waals surface area contributed by atoms with Crippen LogP contribution in [-0.2, 0) is 4.74 Å². The fraction of sp³-hybridized carbons (Fsp3) is 0.474. The number of hydrogen-bond acceptors (Lipinski definition) is 3. The zero-order valence-corrected chi connectivity index (χ0v) is 14.3. The molecule has 0 aromatic heterocycles. The van der Waals surface area contributed by atoms with Gasteiger partial charge in [0.2, 0.25) is 5.78 Å². The Morgan fingerprint density at radius 1 is 1.17 bits per heavy atom. The molecule has 1 aliphatic heterocycles. The number of halogens is 1. The number of piperidine rings is 1. The van der Waals surface area contributed by atoms with Crippen LogP contribution in [0.2, 0.25) is 0 Å². The van der Waals surface area contributed by atoms with Crippen LogP contribution in [0.25, 0.3) is 0 Å². The van der Waals surface area contributed by atoms with Crippen LogP contribution in [0.1, 0.15) is 44.0 Å². The summed E-state index contributed by atoms with van der Waals surface area (Å²) in [6.45, 7) is 6.65. The van der Waals surface area contributed by atoms with Gasteiger partial charge in [-0.2, -0.15) is 0 Å². The van der Waals surface area contributed by atoms with Gasteiger partial charge in [-0.05, 0) is 63.8 Å². The molecule has 5 heteroatoms. The molecule has 1 aromatic rings. The van der Waals surface area contributed by atoms with E-state index in [1.807, 2.05) is 20.8 Å². The van der Waals surface area contributed by atoms with Crippen molar-refractivity contribution in [1.82, 2.24) is 4.90 Å². The van der Waals surface area contributed by atoms with Gasteiger partial charge in [0.25, 0.3) is 0 Å². The molecule has 1 aliphatic rings. The number of benzene rings is 1. The maximum absolute atomic E-state index is 12.8. The summed E-state index contributed by atoms with van der Waals surface area (Å²) in [5.41, 5.74) is -0.120. The minimum Gasteiger partial charge on any atom is -0.444 e. The van der Waals surface area contributed by atoms with Crippen LogP contribution >= 0.6 is 0 Å². The predicted octanol–water partition coefficient (Wildman–Crippen LogP) is 3.66. The Labute approximate surface area is 142 Å². The van der Waals surface area contributed by atoms with Crippen LogP contribution < -0.4 is 0 Å². The Morgan fingerprint density at radius 2 is 1.75 bits per heavy atom. The van der Waals surface area contributed by atoms with Gasteiger partial charge in [-0.25, -0.2) is 9.18 Å². The van der Waals surface area contributed by atoms with E-state index in [9.17, 15) is 14.0 Å². The lowest BCUT2D eigenvalue weighted by Crippen LogP contribution is -2.41. The van der Waals surface area contributed by atoms with Crippen molar-refractivity contribution < 1.29 is 18.7 Å². The van der Waals surface area contributed by atoms with Gasteiger partial charge < -0.3 is 9.64 Å². The second kappa shape index (κ2) is 7.48. The summed E-state index contributed by atoms with van der Waals surface area (Å²) in [4.78, 5) is 25.6. The maximum Gasteiger partial charge on any atom is 0.410 e. The fourth-order valence-electron chi connectivity index (χ4n) is 2.37. The molecule has 0 radical (unpaired) electrons. The van der Waals surface area contributed by atoms with E-state index >= 15 is 0 Å². The number of hydrogen-bond donors (Lipinski definition) is 0. The minimum absolute atomic E-state index is 0.0769. The largest absolute Gasteiger partial charge is 0.444 e. The third-order valence-corrected chi connectivity index (χ3v) is 3.64. The highest BCUT2D eigenvalue weighted by atomic mass is 19.1. The Bertz CT molecular complexity index is 657. The van der Waals surface area contributed by atoms with Crippen LogP contribution in [-0.4, -0.2) is 35.5 Å². The number of Topliss-reactive ketones (excluding diaryl/α,β-unsaturated/α-hetero) is 1. The molecule has 0 N–H and O–H groups in total. The first-order chi connectivity index (χ1) is 11.2. The van der Waals surface area contributed by atoms with Crippen LogP contribution in [0.15, 0.2) is 24.3 Å². The quantitative estimate of drug-likeness (QED) is 0.448. The normalized spacial score (nSPS) is 15.4. The van der Waals surface area contributed by atoms with Gasteiger partial charge >= 0.3 is 6.09 Å². The van der Waals surface area contributed by atoms with Gasteiger partial charge in [-0.3, -0.25) is 4.79 Å². The van der Waals surface area contributed by atoms with Crippen molar-refractivity contribution in [3.8, 4) is 11.8 Å². The Balaban J connectivity index is 1.86. The molecule has 24 heavy (non-hydrogen) atoms. The van der Waals surface area contributed by atoms with E-state index in [2.05, 4.69) is 11.8 Å². The number of nitrogens with zero attached hydrogens (tertiary/aromatic N) is 1. The van der Waals surface area contributed by atoms with Crippen molar-refractivity contribution in [2.75, 3.05) is 13.1 Å². The lowest BCUT2D eigenvalue weighted by Gasteiger charge is -2.31. The molecule has 4 nitrogen and oxygen atoms in total. The van der Waals surface area contributed by atoms with Crippen LogP contribution in [0.4, 0.5) is 9.18 Å². The standard InChI is InChI=1S/C19H22FNO3/c1-19(2,3)24-18(23)21-12-10-14(11-13-21)4-9-17(22)15-5-7-16(20)8-6-15/h5-8,14H,10-13H2,1-3H3. The van der Waals surface area contributed by atoms with E-state index in [0.29, 0.717) is 31.5 Å². The third-order valence-electron chi connectivity index (χ3n) is 3.64. The van der Waals surface area contributed by atoms with Gasteiger partial charge in [-0.15, -0.1) is 0 Å². The van der Waals surface area contributed by atoms with Crippen molar-refractivity contribution in [2.24, 2.45) is 5.92 Å². The molecule has 0 atom stereocenters. The predicted molar refractivity (Wildman–Crippen MR) is 89.0 cm³/mol. The van der Waals surface area contributed by atoms with Crippen LogP contribution in [0.5, 0.6) is 0 Å². The highest BCUT2D eigenvalue weighted by Crippen LogP contribution is 2.19. The Kier molecular flexibility index (Phi) is 5.61. The van der Waals surface area contributed by atoms with Gasteiger partial charge in [-0.1, -0.05) is 5.92 Å². The van der Waals surface area contributed by atoms with E-state index in [4.69, 9.17) is 4.74 Å². The van der Waals surface area contributed by atoms with E-state index in [1.165, 1.54) is 24.3 Å². The van der Waals surface area contributed by atoms with Gasteiger partial charge in [0.1, 0.15) is 11.4 Å². The molecule has 2 rings (SSSR count). The monoisotopic (exact) mass is 331 g/mol. The number of likely N-dealkylation sites (tertiary alicyclic amines) is 1. The van der Waals surface area contributed by atoms with Gasteiger partial charge in [0.05, 0.1) is 0 Å². The maximum atomic E-state index is 12.8. The second-order valence-corrected chi connectivity index (χ2v) is 6.85. The molecule has 128 valence electrons. The molecule has 0 spiro atoms. The molecule has 1 aromatic carbocycles. The molecule has 0 unspecified atom stereocenters. The van der Waals surface area contributed by atoms with Crippen molar-refractivity contribution in [3.63, 3.8) is 0 Å². The summed E-state index contributed by atoms with van der Waals surface area (Å²) in [5, 5.41) is 0. The zero-order chi connectivity index (χ0) is 17.7. The highest BCUT2D eigenvalue weighted by molar-refractivity contribution is 6.08. The second-order valence-electron chi connectivity index (χ2n) is 6.85. The van der Waals surface area contributed by atoms with Gasteiger partial charge in [0, 0.05) is 24.6 Å². The van der Waals surface area contributed by atoms with Crippen LogP contribution in [0.3, 0.4) is 0 Å². The summed E-state index contributed by atoms with van der Waals surface area (Å²) in [7, 11) is 0. The molecule has 0 saturated carbocycles. The van der Waals surface area contributed by atoms with E-state index in [1.54, 1.807) is 4.90 Å². The molecule has 0 bridgehead atoms. The molecule has 0 aliphatic carbocycles. The topological polar surface area (TPSA) is 46.6 Å². The fourth-order valence-corrected chi connectivity index (χ4v) is 2.37. The molecule has 1 amide bonds. The Hall–Kier alpha value is -2.35. The number of rotatable bonds is 1. The van der Waals surface area contributed by atoms with Crippen molar-refractivity contribution in [3.05, 3.63) is 35.6 Å². The highest BCUT2D eigenvalue weighted by Gasteiger charge is 2.26. The molecular weight excluding hydrogens is 309 g/mol. The number of carbonyl (C=O) groups is 2. The average molecular weight is 331 g/mol. The third kappa shape index (κ3) is 5.38. The van der Waals surface area contributed by atoms with Crippen molar-refractivity contribution in [1.29, 1.82) is 0 Å². The number of ketones is 1. The van der Waals surface area contributed by atoms with E-state index in [0.717, 1.165) is 0 Å². The van der Waals surface area contributed by atoms with Crippen molar-refractivity contribution >= 4 is 11.9 Å². The summed E-state index contributed by atoms with van der Waals surface area (Å²) in [6.07, 6.45) is 1.11. The minimum atomic E-state index is -0.505. The van der Waals surface area contributed by atoms with Crippen molar-refractivity contribution in [2.45, 2.75) is 39.2 Å². The summed E-state index contributed by atoms with van der Waals surface area (Å²) < 4.78 is 18.2. The number of carbonyl (C=O) groups excluding carboxylic acids is 2. The number of ether oxygens (including phenoxy) is 1. The van der Waals surface area contributed by atoms with E-state index in [-0.39, 0.29) is 23.6 Å². The smallest absolute Gasteiger partial charge is 0.410 e. The first-order valence-corrected chi connectivity index (χ1v) is 8.04. The molecule has 1 fully saturated rings. The molecule has 1 heterocycles. The lowest BCUT2D eigenvalue weighted by atomic mass is 9.97. The van der Waals surface area contributed by atoms with E-state index < -0.39 is 5.60 Å².